The zero-order valence-electron chi connectivity index (χ0n) is 11.8. The van der Waals surface area contributed by atoms with E-state index >= 15 is 0 Å². The van der Waals surface area contributed by atoms with Crippen LogP contribution < -0.4 is 0 Å². The first-order valence-corrected chi connectivity index (χ1v) is 7.68. The van der Waals surface area contributed by atoms with E-state index in [-0.39, 0.29) is 5.97 Å². The number of carbonyl (C=O) groups excluding carboxylic acids is 1. The average molecular weight is 308 g/mol. The molecule has 4 heteroatoms. The Morgan fingerprint density at radius 1 is 1.09 bits per heavy atom. The molecule has 0 spiro atoms. The Morgan fingerprint density at radius 3 is 2.68 bits per heavy atom. The van der Waals surface area contributed by atoms with Gasteiger partial charge < -0.3 is 9.15 Å². The number of ether oxygens (including phenoxy) is 1. The molecule has 2 aromatic carbocycles. The van der Waals surface area contributed by atoms with Gasteiger partial charge in [-0.25, -0.2) is 4.79 Å². The van der Waals surface area contributed by atoms with Crippen LogP contribution in [0.5, 0.6) is 0 Å². The number of para-hydroxylation sites is 1. The molecular weight excluding hydrogens is 296 g/mol. The SMILES string of the molecule is COC(=O)c1sc2ccccc2c1-c1cc2ccccc2o1. The van der Waals surface area contributed by atoms with Gasteiger partial charge in [0.15, 0.2) is 0 Å². The second-order valence-corrected chi connectivity index (χ2v) is 5.99. The van der Waals surface area contributed by atoms with Crippen molar-refractivity contribution in [2.75, 3.05) is 7.11 Å². The molecule has 2 heterocycles. The number of carbonyl (C=O) groups is 1. The van der Waals surface area contributed by atoms with Crippen LogP contribution in [0.25, 0.3) is 32.4 Å². The number of hydrogen-bond donors (Lipinski definition) is 0. The molecule has 2 aromatic heterocycles. The molecule has 0 N–H and O–H groups in total. The topological polar surface area (TPSA) is 39.4 Å². The molecule has 0 fully saturated rings. The fourth-order valence-corrected chi connectivity index (χ4v) is 3.76. The van der Waals surface area contributed by atoms with Gasteiger partial charge in [-0.2, -0.15) is 0 Å². The summed E-state index contributed by atoms with van der Waals surface area (Å²) < 4.78 is 11.9. The lowest BCUT2D eigenvalue weighted by atomic mass is 10.1. The Balaban J connectivity index is 2.05. The van der Waals surface area contributed by atoms with Gasteiger partial charge in [0.05, 0.1) is 12.7 Å². The van der Waals surface area contributed by atoms with Crippen LogP contribution in [0.2, 0.25) is 0 Å². The number of fused-ring (bicyclic) bond motifs is 2. The number of methoxy groups -OCH3 is 1. The molecule has 0 atom stereocenters. The summed E-state index contributed by atoms with van der Waals surface area (Å²) in [5.41, 5.74) is 1.62. The van der Waals surface area contributed by atoms with Crippen molar-refractivity contribution in [3.63, 3.8) is 0 Å². The third kappa shape index (κ3) is 1.92. The Kier molecular flexibility index (Phi) is 2.98. The summed E-state index contributed by atoms with van der Waals surface area (Å²) in [6, 6.07) is 17.7. The predicted molar refractivity (Wildman–Crippen MR) is 88.4 cm³/mol. The molecular formula is C18H12O3S. The smallest absolute Gasteiger partial charge is 0.348 e. The van der Waals surface area contributed by atoms with Gasteiger partial charge in [0.1, 0.15) is 16.2 Å². The average Bonchev–Trinajstić information content (AvgIpc) is 3.14. The highest BCUT2D eigenvalue weighted by Crippen LogP contribution is 2.41. The minimum atomic E-state index is -0.336. The van der Waals surface area contributed by atoms with Crippen LogP contribution >= 0.6 is 11.3 Å². The number of hydrogen-bond acceptors (Lipinski definition) is 4. The Hall–Kier alpha value is -2.59. The number of thiophene rings is 1. The fourth-order valence-electron chi connectivity index (χ4n) is 2.63. The summed E-state index contributed by atoms with van der Waals surface area (Å²) in [5, 5.41) is 2.02. The van der Waals surface area contributed by atoms with Crippen LogP contribution in [0.4, 0.5) is 0 Å². The summed E-state index contributed by atoms with van der Waals surface area (Å²) in [5.74, 6) is 0.357. The molecule has 0 unspecified atom stereocenters. The van der Waals surface area contributed by atoms with E-state index in [0.717, 1.165) is 26.6 Å². The van der Waals surface area contributed by atoms with Crippen LogP contribution in [-0.2, 0) is 4.74 Å². The predicted octanol–water partition coefficient (Wildman–Crippen LogP) is 5.10. The molecule has 0 radical (unpaired) electrons. The standard InChI is InChI=1S/C18H12O3S/c1-20-18(19)17-16(12-7-3-5-9-15(12)22-17)14-10-11-6-2-4-8-13(11)21-14/h2-10H,1H3. The first-order valence-electron chi connectivity index (χ1n) is 6.87. The molecule has 22 heavy (non-hydrogen) atoms. The number of rotatable bonds is 2. The van der Waals surface area contributed by atoms with Gasteiger partial charge in [-0.3, -0.25) is 0 Å². The number of furan rings is 1. The van der Waals surface area contributed by atoms with Gasteiger partial charge >= 0.3 is 5.97 Å². The van der Waals surface area contributed by atoms with E-state index < -0.39 is 0 Å². The van der Waals surface area contributed by atoms with Crippen molar-refractivity contribution in [3.8, 4) is 11.3 Å². The van der Waals surface area contributed by atoms with E-state index in [1.807, 2.05) is 54.6 Å². The summed E-state index contributed by atoms with van der Waals surface area (Å²) >= 11 is 1.43. The molecule has 3 nitrogen and oxygen atoms in total. The number of esters is 1. The molecule has 108 valence electrons. The molecule has 0 saturated heterocycles. The summed E-state index contributed by atoms with van der Waals surface area (Å²) in [7, 11) is 1.40. The van der Waals surface area contributed by atoms with E-state index in [9.17, 15) is 4.79 Å². The monoisotopic (exact) mass is 308 g/mol. The maximum Gasteiger partial charge on any atom is 0.348 e. The quantitative estimate of drug-likeness (QED) is 0.484. The van der Waals surface area contributed by atoms with Crippen LogP contribution in [0.15, 0.2) is 59.0 Å². The molecule has 0 amide bonds. The van der Waals surface area contributed by atoms with Crippen molar-refractivity contribution in [2.45, 2.75) is 0 Å². The van der Waals surface area contributed by atoms with Crippen LogP contribution in [0, 0.1) is 0 Å². The Bertz CT molecular complexity index is 961. The summed E-state index contributed by atoms with van der Waals surface area (Å²) in [6.45, 7) is 0. The van der Waals surface area contributed by atoms with Crippen molar-refractivity contribution in [2.24, 2.45) is 0 Å². The van der Waals surface area contributed by atoms with E-state index in [1.54, 1.807) is 0 Å². The first-order chi connectivity index (χ1) is 10.8. The second kappa shape index (κ2) is 5.00. The highest BCUT2D eigenvalue weighted by atomic mass is 32.1. The highest BCUT2D eigenvalue weighted by Gasteiger charge is 2.22. The van der Waals surface area contributed by atoms with Crippen molar-refractivity contribution in [3.05, 3.63) is 59.5 Å². The molecule has 4 aromatic rings. The van der Waals surface area contributed by atoms with Gasteiger partial charge in [0.25, 0.3) is 0 Å². The van der Waals surface area contributed by atoms with Crippen molar-refractivity contribution >= 4 is 38.4 Å². The molecule has 4 rings (SSSR count). The van der Waals surface area contributed by atoms with Gasteiger partial charge in [0, 0.05) is 15.5 Å². The zero-order valence-corrected chi connectivity index (χ0v) is 12.6. The van der Waals surface area contributed by atoms with Gasteiger partial charge in [-0.05, 0) is 18.2 Å². The zero-order chi connectivity index (χ0) is 15.1. The van der Waals surface area contributed by atoms with Crippen molar-refractivity contribution < 1.29 is 13.9 Å². The largest absolute Gasteiger partial charge is 0.465 e. The second-order valence-electron chi connectivity index (χ2n) is 4.94. The van der Waals surface area contributed by atoms with Crippen molar-refractivity contribution in [1.82, 2.24) is 0 Å². The normalized spacial score (nSPS) is 11.1. The third-order valence-electron chi connectivity index (χ3n) is 3.64. The van der Waals surface area contributed by atoms with Crippen LogP contribution in [0.1, 0.15) is 9.67 Å². The fraction of sp³-hybridized carbons (Fsp3) is 0.0556. The maximum atomic E-state index is 12.1. The number of benzene rings is 2. The van der Waals surface area contributed by atoms with Crippen LogP contribution in [-0.4, -0.2) is 13.1 Å². The third-order valence-corrected chi connectivity index (χ3v) is 4.79. The van der Waals surface area contributed by atoms with E-state index in [0.29, 0.717) is 10.6 Å². The maximum absolute atomic E-state index is 12.1. The highest BCUT2D eigenvalue weighted by molar-refractivity contribution is 7.21. The Morgan fingerprint density at radius 2 is 1.86 bits per heavy atom. The molecule has 0 aliphatic carbocycles. The minimum Gasteiger partial charge on any atom is -0.465 e. The first kappa shape index (κ1) is 13.1. The molecule has 0 bridgehead atoms. The minimum absolute atomic E-state index is 0.336. The molecule has 0 saturated carbocycles. The molecule has 0 aliphatic heterocycles. The van der Waals surface area contributed by atoms with E-state index in [2.05, 4.69) is 0 Å². The van der Waals surface area contributed by atoms with Crippen LogP contribution in [0.3, 0.4) is 0 Å². The summed E-state index contributed by atoms with van der Waals surface area (Å²) in [6.07, 6.45) is 0. The molecule has 0 aliphatic rings. The van der Waals surface area contributed by atoms with Crippen molar-refractivity contribution in [1.29, 1.82) is 0 Å². The lowest BCUT2D eigenvalue weighted by Crippen LogP contribution is -1.99. The lowest BCUT2D eigenvalue weighted by Gasteiger charge is -2.00. The van der Waals surface area contributed by atoms with Gasteiger partial charge in [-0.15, -0.1) is 11.3 Å². The van der Waals surface area contributed by atoms with Gasteiger partial charge in [-0.1, -0.05) is 36.4 Å². The van der Waals surface area contributed by atoms with Gasteiger partial charge in [0.2, 0.25) is 0 Å². The van der Waals surface area contributed by atoms with E-state index in [4.69, 9.17) is 9.15 Å². The van der Waals surface area contributed by atoms with E-state index in [1.165, 1.54) is 18.4 Å². The Labute approximate surface area is 130 Å². The lowest BCUT2D eigenvalue weighted by molar-refractivity contribution is 0.0607. The summed E-state index contributed by atoms with van der Waals surface area (Å²) in [4.78, 5) is 12.7.